The van der Waals surface area contributed by atoms with Crippen molar-refractivity contribution in [1.82, 2.24) is 14.5 Å². The monoisotopic (exact) mass is 545 g/mol. The molecule has 0 radical (unpaired) electrons. The van der Waals surface area contributed by atoms with Crippen LogP contribution in [0, 0.1) is 0 Å². The van der Waals surface area contributed by atoms with Gasteiger partial charge >= 0.3 is 0 Å². The molecule has 2 aliphatic heterocycles. The third-order valence-electron chi connectivity index (χ3n) is 7.34. The number of methoxy groups -OCH3 is 1. The number of nitrogens with zero attached hydrogens (tertiary/aromatic N) is 3. The van der Waals surface area contributed by atoms with Crippen LogP contribution >= 0.6 is 0 Å². The van der Waals surface area contributed by atoms with Gasteiger partial charge in [0.15, 0.2) is 11.5 Å². The highest BCUT2D eigenvalue weighted by Gasteiger charge is 2.46. The first-order chi connectivity index (χ1) is 19.4. The van der Waals surface area contributed by atoms with E-state index in [2.05, 4.69) is 11.9 Å². The van der Waals surface area contributed by atoms with Crippen molar-refractivity contribution in [3.63, 3.8) is 0 Å². The Morgan fingerprint density at radius 3 is 2.73 bits per heavy atom. The molecule has 2 atom stereocenters. The highest BCUT2D eigenvalue weighted by molar-refractivity contribution is 6.46. The number of carbonyl (C=O) groups is 2. The van der Waals surface area contributed by atoms with Gasteiger partial charge in [-0.3, -0.25) is 9.59 Å². The summed E-state index contributed by atoms with van der Waals surface area (Å²) in [5, 5.41) is 11.5. The highest BCUT2D eigenvalue weighted by Crippen LogP contribution is 2.43. The molecular formula is C31H35N3O6. The van der Waals surface area contributed by atoms with Crippen molar-refractivity contribution in [2.45, 2.75) is 58.2 Å². The molecule has 2 aromatic carbocycles. The van der Waals surface area contributed by atoms with Crippen LogP contribution < -0.4 is 14.2 Å². The molecule has 9 nitrogen and oxygen atoms in total. The molecular weight excluding hydrogens is 510 g/mol. The van der Waals surface area contributed by atoms with E-state index in [1.165, 1.54) is 4.90 Å². The molecule has 3 heterocycles. The number of aliphatic hydroxyl groups excluding tert-OH is 1. The maximum Gasteiger partial charge on any atom is 0.295 e. The molecule has 0 saturated carbocycles. The molecule has 5 rings (SSSR count). The average Bonchev–Trinajstić information content (AvgIpc) is 3.67. The van der Waals surface area contributed by atoms with Crippen LogP contribution in [-0.4, -0.2) is 57.6 Å². The van der Waals surface area contributed by atoms with Crippen molar-refractivity contribution in [3.05, 3.63) is 77.4 Å². The number of aromatic nitrogens is 2. The predicted molar refractivity (Wildman–Crippen MR) is 149 cm³/mol. The Morgan fingerprint density at radius 1 is 1.12 bits per heavy atom. The summed E-state index contributed by atoms with van der Waals surface area (Å²) >= 11 is 0. The van der Waals surface area contributed by atoms with Gasteiger partial charge in [0.2, 0.25) is 0 Å². The minimum Gasteiger partial charge on any atom is -0.507 e. The van der Waals surface area contributed by atoms with E-state index in [9.17, 15) is 14.7 Å². The van der Waals surface area contributed by atoms with Gasteiger partial charge in [0.1, 0.15) is 17.6 Å². The number of hydrogen-bond donors (Lipinski definition) is 1. The normalized spacial score (nSPS) is 19.5. The second-order valence-electron chi connectivity index (χ2n) is 10.2. The van der Waals surface area contributed by atoms with Gasteiger partial charge < -0.3 is 28.8 Å². The van der Waals surface area contributed by atoms with E-state index in [1.54, 1.807) is 43.9 Å². The fourth-order valence-electron chi connectivity index (χ4n) is 5.32. The first-order valence-electron chi connectivity index (χ1n) is 13.8. The summed E-state index contributed by atoms with van der Waals surface area (Å²) < 4.78 is 19.2. The number of benzene rings is 2. The lowest BCUT2D eigenvalue weighted by Crippen LogP contribution is -2.31. The Kier molecular flexibility index (Phi) is 8.09. The number of rotatable bonds is 11. The number of aryl methyl sites for hydroxylation is 1. The van der Waals surface area contributed by atoms with E-state index in [4.69, 9.17) is 14.2 Å². The van der Waals surface area contributed by atoms with Crippen molar-refractivity contribution in [2.75, 3.05) is 20.3 Å². The van der Waals surface area contributed by atoms with Crippen LogP contribution in [0.5, 0.6) is 17.2 Å². The van der Waals surface area contributed by atoms with Crippen LogP contribution in [0.2, 0.25) is 0 Å². The molecule has 1 amide bonds. The molecule has 0 aliphatic carbocycles. The SMILES string of the molecule is CCCCOc1ccc([C@@H]2/C(=C(\O)c3ccc4c(c3)C[C@H](C)O4)C(=O)C(=O)N2CCCn2ccnc2)cc1OC. The number of unbranched alkanes of at least 4 members (excludes halogenated alkanes) is 1. The molecule has 0 spiro atoms. The summed E-state index contributed by atoms with van der Waals surface area (Å²) in [6, 6.07) is 9.98. The molecule has 1 saturated heterocycles. The average molecular weight is 546 g/mol. The first-order valence-corrected chi connectivity index (χ1v) is 13.8. The van der Waals surface area contributed by atoms with Gasteiger partial charge in [0, 0.05) is 37.5 Å². The lowest BCUT2D eigenvalue weighted by Gasteiger charge is -2.26. The smallest absolute Gasteiger partial charge is 0.295 e. The second kappa shape index (κ2) is 11.9. The Bertz CT molecular complexity index is 1410. The van der Waals surface area contributed by atoms with Crippen molar-refractivity contribution in [3.8, 4) is 17.2 Å². The van der Waals surface area contributed by atoms with Crippen LogP contribution in [-0.2, 0) is 22.6 Å². The number of fused-ring (bicyclic) bond motifs is 1. The number of Topliss-reactive ketones (excluding diaryl/α,β-unsaturated/α-hetero) is 1. The molecule has 0 bridgehead atoms. The fourth-order valence-corrected chi connectivity index (χ4v) is 5.32. The topological polar surface area (TPSA) is 103 Å². The van der Waals surface area contributed by atoms with Crippen molar-refractivity contribution in [1.29, 1.82) is 0 Å². The van der Waals surface area contributed by atoms with Crippen LogP contribution in [0.15, 0.2) is 60.7 Å². The summed E-state index contributed by atoms with van der Waals surface area (Å²) in [7, 11) is 1.56. The lowest BCUT2D eigenvalue weighted by atomic mass is 9.94. The van der Waals surface area contributed by atoms with E-state index in [0.717, 1.165) is 24.2 Å². The summed E-state index contributed by atoms with van der Waals surface area (Å²) in [5.74, 6) is 0.301. The van der Waals surface area contributed by atoms with Crippen molar-refractivity contribution >= 4 is 17.4 Å². The number of amides is 1. The van der Waals surface area contributed by atoms with Crippen LogP contribution in [0.3, 0.4) is 0 Å². The zero-order valence-corrected chi connectivity index (χ0v) is 23.1. The van der Waals surface area contributed by atoms with Gasteiger partial charge in [-0.05, 0) is 61.2 Å². The van der Waals surface area contributed by atoms with Crippen molar-refractivity contribution in [2.24, 2.45) is 0 Å². The molecule has 40 heavy (non-hydrogen) atoms. The Hall–Kier alpha value is -4.27. The molecule has 1 aromatic heterocycles. The standard InChI is InChI=1S/C31H35N3O6/c1-4-5-15-39-25-10-7-21(18-26(25)38-3)28-27(29(35)22-8-9-24-23(17-22)16-20(2)40-24)30(36)31(37)34(28)13-6-12-33-14-11-32-19-33/h7-11,14,17-20,28,35H,4-6,12-13,15-16H2,1-3H3/b29-27+/t20-,28+/m0/s1. The number of carbonyl (C=O) groups excluding carboxylic acids is 2. The van der Waals surface area contributed by atoms with E-state index in [1.807, 2.05) is 29.8 Å². The zero-order chi connectivity index (χ0) is 28.2. The van der Waals surface area contributed by atoms with Gasteiger partial charge in [-0.1, -0.05) is 19.4 Å². The van der Waals surface area contributed by atoms with Crippen LogP contribution in [0.25, 0.3) is 5.76 Å². The van der Waals surface area contributed by atoms with Gasteiger partial charge in [0.05, 0.1) is 31.7 Å². The Morgan fingerprint density at radius 2 is 1.98 bits per heavy atom. The van der Waals surface area contributed by atoms with Crippen molar-refractivity contribution < 1.29 is 28.9 Å². The predicted octanol–water partition coefficient (Wildman–Crippen LogP) is 4.91. The minimum atomic E-state index is -0.787. The minimum absolute atomic E-state index is 0.0407. The number of likely N-dealkylation sites (tertiary alicyclic amines) is 1. The number of hydrogen-bond acceptors (Lipinski definition) is 7. The molecule has 9 heteroatoms. The summed E-state index contributed by atoms with van der Waals surface area (Å²) in [6.07, 6.45) is 8.53. The Labute approximate surface area is 234 Å². The quantitative estimate of drug-likeness (QED) is 0.158. The number of imidazole rings is 1. The Balaban J connectivity index is 1.53. The zero-order valence-electron chi connectivity index (χ0n) is 23.1. The molecule has 2 aliphatic rings. The van der Waals surface area contributed by atoms with Crippen LogP contribution in [0.1, 0.15) is 55.8 Å². The van der Waals surface area contributed by atoms with Crippen LogP contribution in [0.4, 0.5) is 0 Å². The fraction of sp³-hybridized carbons (Fsp3) is 0.387. The lowest BCUT2D eigenvalue weighted by molar-refractivity contribution is -0.139. The largest absolute Gasteiger partial charge is 0.507 e. The summed E-state index contributed by atoms with van der Waals surface area (Å²) in [4.78, 5) is 32.5. The third-order valence-corrected chi connectivity index (χ3v) is 7.34. The third kappa shape index (κ3) is 5.41. The molecule has 1 fully saturated rings. The summed E-state index contributed by atoms with van der Waals surface area (Å²) in [6.45, 7) is 5.58. The van der Waals surface area contributed by atoms with E-state index in [0.29, 0.717) is 55.2 Å². The summed E-state index contributed by atoms with van der Waals surface area (Å²) in [5.41, 5.74) is 2.14. The highest BCUT2D eigenvalue weighted by atomic mass is 16.5. The van der Waals surface area contributed by atoms with Gasteiger partial charge in [-0.25, -0.2) is 4.98 Å². The number of ketones is 1. The van der Waals surface area contributed by atoms with Gasteiger partial charge in [-0.15, -0.1) is 0 Å². The van der Waals surface area contributed by atoms with Gasteiger partial charge in [0.25, 0.3) is 11.7 Å². The molecule has 3 aromatic rings. The van der Waals surface area contributed by atoms with E-state index >= 15 is 0 Å². The first kappa shape index (κ1) is 27.3. The van der Waals surface area contributed by atoms with E-state index in [-0.39, 0.29) is 17.4 Å². The number of aliphatic hydroxyl groups is 1. The number of ether oxygens (including phenoxy) is 3. The molecule has 0 unspecified atom stereocenters. The maximum absolute atomic E-state index is 13.5. The maximum atomic E-state index is 13.5. The van der Waals surface area contributed by atoms with Gasteiger partial charge in [-0.2, -0.15) is 0 Å². The molecule has 210 valence electrons. The second-order valence-corrected chi connectivity index (χ2v) is 10.2. The molecule has 1 N–H and O–H groups in total. The van der Waals surface area contributed by atoms with E-state index < -0.39 is 17.7 Å².